The van der Waals surface area contributed by atoms with E-state index in [1.165, 1.54) is 6.07 Å². The molecule has 27 heavy (non-hydrogen) atoms. The summed E-state index contributed by atoms with van der Waals surface area (Å²) < 4.78 is 0. The highest BCUT2D eigenvalue weighted by Gasteiger charge is 2.15. The van der Waals surface area contributed by atoms with E-state index in [0.717, 1.165) is 11.1 Å². The number of carbonyl (C=O) groups is 2. The molecule has 0 bridgehead atoms. The topological polar surface area (TPSA) is 108 Å². The predicted octanol–water partition coefficient (Wildman–Crippen LogP) is 3.58. The Morgan fingerprint density at radius 2 is 1.74 bits per heavy atom. The van der Waals surface area contributed by atoms with Gasteiger partial charge >= 0.3 is 5.97 Å². The fraction of sp³-hybridized carbons (Fsp3) is 0. The van der Waals surface area contributed by atoms with Crippen LogP contribution >= 0.6 is 0 Å². The Balaban J connectivity index is 1.56. The third-order valence-corrected chi connectivity index (χ3v) is 4.08. The molecule has 132 valence electrons. The van der Waals surface area contributed by atoms with Crippen LogP contribution in [0, 0.1) is 0 Å². The molecule has 2 aromatic heterocycles. The number of nitrogens with zero attached hydrogens (tertiary/aromatic N) is 2. The van der Waals surface area contributed by atoms with Gasteiger partial charge in [-0.25, -0.2) is 9.78 Å². The number of aromatic amines is 1. The normalized spacial score (nSPS) is 10.7. The maximum absolute atomic E-state index is 12.4. The average Bonchev–Trinajstić information content (AvgIpc) is 3.11. The summed E-state index contributed by atoms with van der Waals surface area (Å²) in [5.74, 6) is -1.36. The minimum absolute atomic E-state index is 0.0644. The standard InChI is InChI=1S/C20H14N4O3/c25-18(16-10-9-13(11-21-16)12-5-2-1-3-6-12)24-20-22-15-8-4-7-14(19(26)27)17(15)23-20/h1-11H,(H,26,27)(H2,22,23,24,25). The zero-order valence-corrected chi connectivity index (χ0v) is 14.0. The number of imidazole rings is 1. The van der Waals surface area contributed by atoms with Crippen molar-refractivity contribution in [1.29, 1.82) is 0 Å². The summed E-state index contributed by atoms with van der Waals surface area (Å²) in [6.07, 6.45) is 1.63. The van der Waals surface area contributed by atoms with Crippen molar-refractivity contribution in [1.82, 2.24) is 15.0 Å². The van der Waals surface area contributed by atoms with E-state index in [0.29, 0.717) is 5.52 Å². The number of carbonyl (C=O) groups excluding carboxylic acids is 1. The van der Waals surface area contributed by atoms with Gasteiger partial charge in [0.05, 0.1) is 11.1 Å². The van der Waals surface area contributed by atoms with Crippen molar-refractivity contribution < 1.29 is 14.7 Å². The quantitative estimate of drug-likeness (QED) is 0.517. The van der Waals surface area contributed by atoms with Gasteiger partial charge in [-0.2, -0.15) is 0 Å². The Hall–Kier alpha value is -4.00. The van der Waals surface area contributed by atoms with Crippen LogP contribution in [-0.4, -0.2) is 31.9 Å². The molecule has 2 heterocycles. The number of carboxylic acid groups (broad SMARTS) is 1. The highest BCUT2D eigenvalue weighted by atomic mass is 16.4. The van der Waals surface area contributed by atoms with Crippen molar-refractivity contribution in [3.63, 3.8) is 0 Å². The lowest BCUT2D eigenvalue weighted by Gasteiger charge is -2.04. The van der Waals surface area contributed by atoms with E-state index >= 15 is 0 Å². The van der Waals surface area contributed by atoms with E-state index in [1.807, 2.05) is 36.4 Å². The van der Waals surface area contributed by atoms with Crippen LogP contribution in [0.15, 0.2) is 66.9 Å². The van der Waals surface area contributed by atoms with E-state index in [9.17, 15) is 14.7 Å². The molecule has 0 spiro atoms. The first kappa shape index (κ1) is 16.5. The van der Waals surface area contributed by atoms with Crippen molar-refractivity contribution in [2.45, 2.75) is 0 Å². The smallest absolute Gasteiger partial charge is 0.337 e. The van der Waals surface area contributed by atoms with Gasteiger partial charge in [-0.1, -0.05) is 42.5 Å². The summed E-state index contributed by atoms with van der Waals surface area (Å²) in [5.41, 5.74) is 3.02. The number of rotatable bonds is 4. The molecule has 0 aliphatic rings. The molecule has 0 saturated carbocycles. The van der Waals surface area contributed by atoms with Gasteiger partial charge in [0.25, 0.3) is 5.91 Å². The summed E-state index contributed by atoms with van der Waals surface area (Å²) >= 11 is 0. The monoisotopic (exact) mass is 358 g/mol. The third kappa shape index (κ3) is 3.25. The molecule has 1 amide bonds. The summed E-state index contributed by atoms with van der Waals surface area (Å²) in [7, 11) is 0. The van der Waals surface area contributed by atoms with E-state index in [1.54, 1.807) is 24.4 Å². The van der Waals surface area contributed by atoms with Crippen LogP contribution in [0.1, 0.15) is 20.8 Å². The number of nitrogens with one attached hydrogen (secondary N) is 2. The van der Waals surface area contributed by atoms with Gasteiger partial charge in [-0.3, -0.25) is 15.1 Å². The first-order chi connectivity index (χ1) is 13.1. The molecule has 0 unspecified atom stereocenters. The fourth-order valence-corrected chi connectivity index (χ4v) is 2.77. The predicted molar refractivity (Wildman–Crippen MR) is 101 cm³/mol. The van der Waals surface area contributed by atoms with Crippen molar-refractivity contribution in [2.24, 2.45) is 0 Å². The molecule has 0 fully saturated rings. The summed E-state index contributed by atoms with van der Waals surface area (Å²) in [5, 5.41) is 11.8. The second-order valence-corrected chi connectivity index (χ2v) is 5.84. The van der Waals surface area contributed by atoms with E-state index in [4.69, 9.17) is 0 Å². The molecule has 0 radical (unpaired) electrons. The lowest BCUT2D eigenvalue weighted by molar-refractivity contribution is 0.0698. The zero-order valence-electron chi connectivity index (χ0n) is 14.0. The Morgan fingerprint density at radius 3 is 2.44 bits per heavy atom. The van der Waals surface area contributed by atoms with Crippen molar-refractivity contribution in [3.8, 4) is 11.1 Å². The maximum Gasteiger partial charge on any atom is 0.337 e. The molecular formula is C20H14N4O3. The van der Waals surface area contributed by atoms with Gasteiger partial charge in [0.1, 0.15) is 11.2 Å². The second kappa shape index (κ2) is 6.72. The fourth-order valence-electron chi connectivity index (χ4n) is 2.77. The Bertz CT molecular complexity index is 1140. The molecule has 7 nitrogen and oxygen atoms in total. The van der Waals surface area contributed by atoms with Crippen molar-refractivity contribution in [2.75, 3.05) is 5.32 Å². The highest BCUT2D eigenvalue weighted by Crippen LogP contribution is 2.20. The van der Waals surface area contributed by atoms with Gasteiger partial charge in [0.15, 0.2) is 0 Å². The number of aromatic nitrogens is 3. The maximum atomic E-state index is 12.4. The van der Waals surface area contributed by atoms with Crippen LogP contribution in [0.5, 0.6) is 0 Å². The first-order valence-electron chi connectivity index (χ1n) is 8.16. The third-order valence-electron chi connectivity index (χ3n) is 4.08. The molecule has 0 saturated heterocycles. The molecule has 7 heteroatoms. The largest absolute Gasteiger partial charge is 0.478 e. The van der Waals surface area contributed by atoms with Gasteiger partial charge in [0, 0.05) is 11.8 Å². The Kier molecular flexibility index (Phi) is 4.10. The second-order valence-electron chi connectivity index (χ2n) is 5.84. The van der Waals surface area contributed by atoms with Gasteiger partial charge in [-0.15, -0.1) is 0 Å². The van der Waals surface area contributed by atoms with Crippen LogP contribution in [0.25, 0.3) is 22.2 Å². The Labute approximate surface area is 153 Å². The number of H-pyrrole nitrogens is 1. The molecule has 2 aromatic carbocycles. The van der Waals surface area contributed by atoms with Crippen LogP contribution in [0.3, 0.4) is 0 Å². The highest BCUT2D eigenvalue weighted by molar-refractivity contribution is 6.05. The van der Waals surface area contributed by atoms with Crippen LogP contribution in [0.4, 0.5) is 5.95 Å². The number of hydrogen-bond acceptors (Lipinski definition) is 4. The average molecular weight is 358 g/mol. The molecule has 4 rings (SSSR count). The van der Waals surface area contributed by atoms with E-state index in [-0.39, 0.29) is 22.7 Å². The van der Waals surface area contributed by atoms with Crippen LogP contribution in [-0.2, 0) is 0 Å². The van der Waals surface area contributed by atoms with Crippen molar-refractivity contribution in [3.05, 3.63) is 78.1 Å². The van der Waals surface area contributed by atoms with Gasteiger partial charge < -0.3 is 10.1 Å². The lowest BCUT2D eigenvalue weighted by atomic mass is 10.1. The Morgan fingerprint density at radius 1 is 0.926 bits per heavy atom. The van der Waals surface area contributed by atoms with E-state index < -0.39 is 11.9 Å². The van der Waals surface area contributed by atoms with Gasteiger partial charge in [0.2, 0.25) is 5.95 Å². The molecule has 3 N–H and O–H groups in total. The number of anilines is 1. The number of fused-ring (bicyclic) bond motifs is 1. The summed E-state index contributed by atoms with van der Waals surface area (Å²) in [4.78, 5) is 34.9. The number of benzene rings is 2. The number of aromatic carboxylic acids is 1. The van der Waals surface area contributed by atoms with Crippen LogP contribution in [0.2, 0.25) is 0 Å². The SMILES string of the molecule is O=C(Nc1nc2c(C(=O)O)cccc2[nH]1)c1ccc(-c2ccccc2)cn1. The zero-order chi connectivity index (χ0) is 18.8. The summed E-state index contributed by atoms with van der Waals surface area (Å²) in [6, 6.07) is 17.9. The number of hydrogen-bond donors (Lipinski definition) is 3. The molecule has 0 aliphatic heterocycles. The van der Waals surface area contributed by atoms with Crippen molar-refractivity contribution >= 4 is 28.9 Å². The molecule has 0 atom stereocenters. The molecule has 4 aromatic rings. The summed E-state index contributed by atoms with van der Waals surface area (Å²) in [6.45, 7) is 0. The minimum atomic E-state index is -1.08. The van der Waals surface area contributed by atoms with Gasteiger partial charge in [-0.05, 0) is 23.8 Å². The number of para-hydroxylation sites is 1. The lowest BCUT2D eigenvalue weighted by Crippen LogP contribution is -2.14. The molecule has 0 aliphatic carbocycles. The number of amides is 1. The minimum Gasteiger partial charge on any atom is -0.478 e. The first-order valence-corrected chi connectivity index (χ1v) is 8.16. The molecular weight excluding hydrogens is 344 g/mol. The number of pyridine rings is 1. The number of carboxylic acids is 1. The van der Waals surface area contributed by atoms with Crippen LogP contribution < -0.4 is 5.32 Å². The van der Waals surface area contributed by atoms with E-state index in [2.05, 4.69) is 20.3 Å².